The molecule has 0 saturated heterocycles. The Balaban J connectivity index is 2.93. The van der Waals surface area contributed by atoms with E-state index in [-0.39, 0.29) is 17.3 Å². The van der Waals surface area contributed by atoms with Crippen LogP contribution in [0.2, 0.25) is 5.15 Å². The highest BCUT2D eigenvalue weighted by molar-refractivity contribution is 6.30. The van der Waals surface area contributed by atoms with E-state index in [4.69, 9.17) is 17.3 Å². The number of halogens is 1. The second kappa shape index (κ2) is 5.55. The summed E-state index contributed by atoms with van der Waals surface area (Å²) in [4.78, 5) is 24.7. The molecule has 0 radical (unpaired) electrons. The summed E-state index contributed by atoms with van der Waals surface area (Å²) in [5.74, 6) is -0.618. The molecule has 8 heteroatoms. The molecule has 0 saturated carbocycles. The molecule has 92 valence electrons. The van der Waals surface area contributed by atoms with Crippen LogP contribution in [-0.4, -0.2) is 29.0 Å². The van der Waals surface area contributed by atoms with Gasteiger partial charge in [-0.05, 0) is 5.56 Å². The highest BCUT2D eigenvalue weighted by Gasteiger charge is 2.18. The lowest BCUT2D eigenvalue weighted by Gasteiger charge is -2.09. The first-order valence-corrected chi connectivity index (χ1v) is 4.95. The van der Waals surface area contributed by atoms with Crippen molar-refractivity contribution in [1.82, 2.24) is 4.98 Å². The van der Waals surface area contributed by atoms with Gasteiger partial charge in [-0.3, -0.25) is 14.9 Å². The van der Waals surface area contributed by atoms with E-state index in [1.54, 1.807) is 0 Å². The summed E-state index contributed by atoms with van der Waals surface area (Å²) in [7, 11) is 1.20. The van der Waals surface area contributed by atoms with Crippen LogP contribution in [0.15, 0.2) is 12.3 Å². The number of carbonyl (C=O) groups excluding carboxylic acids is 1. The summed E-state index contributed by atoms with van der Waals surface area (Å²) in [6, 6.07) is 0.305. The summed E-state index contributed by atoms with van der Waals surface area (Å²) in [6.45, 7) is 0. The van der Waals surface area contributed by atoms with E-state index < -0.39 is 16.9 Å². The Hall–Kier alpha value is -1.73. The predicted molar refractivity (Wildman–Crippen MR) is 59.6 cm³/mol. The molecule has 7 nitrogen and oxygen atoms in total. The maximum absolute atomic E-state index is 11.1. The Morgan fingerprint density at radius 1 is 1.76 bits per heavy atom. The monoisotopic (exact) mass is 259 g/mol. The fourth-order valence-corrected chi connectivity index (χ4v) is 1.38. The van der Waals surface area contributed by atoms with Gasteiger partial charge < -0.3 is 10.5 Å². The highest BCUT2D eigenvalue weighted by atomic mass is 35.5. The second-order valence-corrected chi connectivity index (χ2v) is 3.59. The molecule has 0 aromatic carbocycles. The Bertz CT molecular complexity index is 452. The van der Waals surface area contributed by atoms with Crippen molar-refractivity contribution < 1.29 is 14.5 Å². The summed E-state index contributed by atoms with van der Waals surface area (Å²) in [5.41, 5.74) is 5.65. The van der Waals surface area contributed by atoms with Gasteiger partial charge >= 0.3 is 5.97 Å². The predicted octanol–water partition coefficient (Wildman–Crippen LogP) is 0.686. The lowest BCUT2D eigenvalue weighted by atomic mass is 10.1. The second-order valence-electron chi connectivity index (χ2n) is 3.23. The van der Waals surface area contributed by atoms with Crippen molar-refractivity contribution in [2.75, 3.05) is 7.11 Å². The van der Waals surface area contributed by atoms with Crippen LogP contribution in [0.3, 0.4) is 0 Å². The van der Waals surface area contributed by atoms with Crippen LogP contribution in [0.5, 0.6) is 0 Å². The van der Waals surface area contributed by atoms with Crippen molar-refractivity contribution in [2.45, 2.75) is 12.5 Å². The molecule has 1 atom stereocenters. The topological polar surface area (TPSA) is 108 Å². The molecule has 0 fully saturated rings. The first-order valence-electron chi connectivity index (χ1n) is 4.58. The van der Waals surface area contributed by atoms with E-state index in [1.807, 2.05) is 0 Å². The fraction of sp³-hybridized carbons (Fsp3) is 0.333. The average Bonchev–Trinajstić information content (AvgIpc) is 2.30. The third kappa shape index (κ3) is 3.36. The van der Waals surface area contributed by atoms with Crippen molar-refractivity contribution in [3.8, 4) is 0 Å². The van der Waals surface area contributed by atoms with Gasteiger partial charge in [-0.1, -0.05) is 11.6 Å². The van der Waals surface area contributed by atoms with Gasteiger partial charge in [0.05, 0.1) is 12.0 Å². The molecule has 17 heavy (non-hydrogen) atoms. The third-order valence-electron chi connectivity index (χ3n) is 2.05. The smallest absolute Gasteiger partial charge is 0.322 e. The Labute approximate surface area is 102 Å². The van der Waals surface area contributed by atoms with Crippen LogP contribution in [0.25, 0.3) is 0 Å². The minimum absolute atomic E-state index is 0.0280. The molecule has 1 aromatic heterocycles. The molecule has 1 rings (SSSR count). The van der Waals surface area contributed by atoms with Crippen LogP contribution >= 0.6 is 11.6 Å². The number of hydrogen-bond donors (Lipinski definition) is 1. The lowest BCUT2D eigenvalue weighted by Crippen LogP contribution is -2.33. The Kier molecular flexibility index (Phi) is 4.36. The van der Waals surface area contributed by atoms with Crippen LogP contribution in [0, 0.1) is 10.1 Å². The lowest BCUT2D eigenvalue weighted by molar-refractivity contribution is -0.385. The molecule has 0 amide bonds. The van der Waals surface area contributed by atoms with E-state index in [0.29, 0.717) is 5.56 Å². The Morgan fingerprint density at radius 3 is 2.94 bits per heavy atom. The average molecular weight is 260 g/mol. The maximum atomic E-state index is 11.1. The van der Waals surface area contributed by atoms with Gasteiger partial charge in [0.1, 0.15) is 17.4 Å². The largest absolute Gasteiger partial charge is 0.468 e. The SMILES string of the molecule is COC(=O)[C@H](N)Cc1cc([N+](=O)[O-])cnc1Cl. The van der Waals surface area contributed by atoms with E-state index in [2.05, 4.69) is 9.72 Å². The zero-order valence-electron chi connectivity index (χ0n) is 8.92. The van der Waals surface area contributed by atoms with Crippen LogP contribution in [-0.2, 0) is 16.0 Å². The number of nitrogens with zero attached hydrogens (tertiary/aromatic N) is 2. The molecule has 0 bridgehead atoms. The van der Waals surface area contributed by atoms with Gasteiger partial charge in [-0.25, -0.2) is 4.98 Å². The number of pyridine rings is 1. The number of nitrogens with two attached hydrogens (primary N) is 1. The van der Waals surface area contributed by atoms with Gasteiger partial charge in [0, 0.05) is 12.5 Å². The quantitative estimate of drug-likeness (QED) is 0.369. The summed E-state index contributed by atoms with van der Waals surface area (Å²) < 4.78 is 4.44. The zero-order valence-corrected chi connectivity index (χ0v) is 9.68. The van der Waals surface area contributed by atoms with Crippen molar-refractivity contribution in [3.63, 3.8) is 0 Å². The summed E-state index contributed by atoms with van der Waals surface area (Å²) >= 11 is 5.75. The van der Waals surface area contributed by atoms with Crippen LogP contribution in [0.1, 0.15) is 5.56 Å². The van der Waals surface area contributed by atoms with Crippen molar-refractivity contribution in [1.29, 1.82) is 0 Å². The van der Waals surface area contributed by atoms with Gasteiger partial charge in [-0.2, -0.15) is 0 Å². The van der Waals surface area contributed by atoms with Crippen molar-refractivity contribution >= 4 is 23.3 Å². The molecular formula is C9H10ClN3O4. The Morgan fingerprint density at radius 2 is 2.41 bits per heavy atom. The number of ether oxygens (including phenoxy) is 1. The maximum Gasteiger partial charge on any atom is 0.322 e. The van der Waals surface area contributed by atoms with Crippen molar-refractivity contribution in [2.24, 2.45) is 5.73 Å². The molecule has 0 spiro atoms. The highest BCUT2D eigenvalue weighted by Crippen LogP contribution is 2.20. The van der Waals surface area contributed by atoms with Crippen LogP contribution in [0.4, 0.5) is 5.69 Å². The molecule has 0 unspecified atom stereocenters. The standard InChI is InChI=1S/C9H10ClN3O4/c1-17-9(14)7(11)3-5-2-6(13(15)16)4-12-8(5)10/h2,4,7H,3,11H2,1H3/t7-/m1/s1. The first-order chi connectivity index (χ1) is 7.95. The summed E-state index contributed by atoms with van der Waals surface area (Å²) in [6.07, 6.45) is 1.07. The van der Waals surface area contributed by atoms with E-state index in [9.17, 15) is 14.9 Å². The minimum Gasteiger partial charge on any atom is -0.468 e. The van der Waals surface area contributed by atoms with Crippen molar-refractivity contribution in [3.05, 3.63) is 33.1 Å². The van der Waals surface area contributed by atoms with Gasteiger partial charge in [0.2, 0.25) is 0 Å². The number of nitro groups is 1. The third-order valence-corrected chi connectivity index (χ3v) is 2.39. The van der Waals surface area contributed by atoms with E-state index in [1.165, 1.54) is 13.2 Å². The normalized spacial score (nSPS) is 11.9. The number of rotatable bonds is 4. The number of hydrogen-bond acceptors (Lipinski definition) is 6. The molecule has 1 heterocycles. The first kappa shape index (κ1) is 13.3. The van der Waals surface area contributed by atoms with Gasteiger partial charge in [0.15, 0.2) is 0 Å². The fourth-order valence-electron chi connectivity index (χ4n) is 1.20. The molecule has 0 aliphatic heterocycles. The number of aromatic nitrogens is 1. The van der Waals surface area contributed by atoms with Gasteiger partial charge in [0.25, 0.3) is 5.69 Å². The van der Waals surface area contributed by atoms with Crippen LogP contribution < -0.4 is 5.73 Å². The minimum atomic E-state index is -0.929. The number of methoxy groups -OCH3 is 1. The van der Waals surface area contributed by atoms with E-state index in [0.717, 1.165) is 6.20 Å². The van der Waals surface area contributed by atoms with E-state index >= 15 is 0 Å². The number of carbonyl (C=O) groups is 1. The number of esters is 1. The molecule has 0 aliphatic rings. The molecule has 2 N–H and O–H groups in total. The molecule has 1 aromatic rings. The summed E-state index contributed by atoms with van der Waals surface area (Å²) in [5, 5.41) is 10.6. The van der Waals surface area contributed by atoms with Gasteiger partial charge in [-0.15, -0.1) is 0 Å². The molecule has 0 aliphatic carbocycles. The molecular weight excluding hydrogens is 250 g/mol. The zero-order chi connectivity index (χ0) is 13.0.